The van der Waals surface area contributed by atoms with Gasteiger partial charge in [0, 0.05) is 58.9 Å². The summed E-state index contributed by atoms with van der Waals surface area (Å²) >= 11 is 5.81. The van der Waals surface area contributed by atoms with Crippen molar-refractivity contribution < 1.29 is 46.0 Å². The Balaban J connectivity index is 0.000000245. The normalized spacial score (nSPS) is 11.1. The van der Waals surface area contributed by atoms with Crippen molar-refractivity contribution in [1.29, 1.82) is 0 Å². The van der Waals surface area contributed by atoms with E-state index in [0.717, 1.165) is 16.2 Å². The van der Waals surface area contributed by atoms with E-state index in [4.69, 9.17) is 10.0 Å². The minimum atomic E-state index is -4.53. The number of rotatable bonds is 5. The first-order valence-corrected chi connectivity index (χ1v) is 14.6. The minimum absolute atomic E-state index is 0.0418. The molecule has 4 heterocycles. The lowest BCUT2D eigenvalue weighted by molar-refractivity contribution is -0.139. The average Bonchev–Trinajstić information content (AvgIpc) is 3.51. The van der Waals surface area contributed by atoms with Gasteiger partial charge in [-0.15, -0.1) is 22.7 Å². The molecule has 1 amide bonds. The molecular formula is C25H23BBrF6N5O4S2. The van der Waals surface area contributed by atoms with Gasteiger partial charge in [0.1, 0.15) is 16.6 Å². The molecular weight excluding hydrogens is 703 g/mol. The predicted molar refractivity (Wildman–Crippen MR) is 157 cm³/mol. The lowest BCUT2D eigenvalue weighted by Gasteiger charge is -2.10. The Labute approximate surface area is 263 Å². The molecule has 9 nitrogen and oxygen atoms in total. The summed E-state index contributed by atoms with van der Waals surface area (Å²) in [5.74, 6) is 0.460. The van der Waals surface area contributed by atoms with Gasteiger partial charge in [-0.05, 0) is 48.8 Å². The van der Waals surface area contributed by atoms with Crippen LogP contribution in [0.4, 0.5) is 32.2 Å². The van der Waals surface area contributed by atoms with Gasteiger partial charge in [-0.3, -0.25) is 19.6 Å². The van der Waals surface area contributed by atoms with Crippen molar-refractivity contribution in [3.63, 3.8) is 0 Å². The number of ketones is 1. The van der Waals surface area contributed by atoms with E-state index >= 15 is 0 Å². The van der Waals surface area contributed by atoms with Gasteiger partial charge in [0.05, 0.1) is 16.8 Å². The third kappa shape index (κ3) is 11.7. The number of pyridine rings is 2. The van der Waals surface area contributed by atoms with E-state index < -0.39 is 30.6 Å². The zero-order valence-electron chi connectivity index (χ0n) is 23.2. The van der Waals surface area contributed by atoms with Crippen molar-refractivity contribution in [2.75, 3.05) is 5.32 Å². The number of hydrogen-bond acceptors (Lipinski definition) is 10. The van der Waals surface area contributed by atoms with Crippen molar-refractivity contribution in [3.8, 4) is 10.6 Å². The number of aryl methyl sites for hydroxylation is 2. The van der Waals surface area contributed by atoms with E-state index in [1.54, 1.807) is 10.8 Å². The standard InChI is InChI=1S/C13H11F3N2OS.C7H7BF3NO2.C5H5BrN2OS/c1-7(19)3-10-6-20-12(18-10)9-4-11(13(14,15)16)8(2)17-5-9;1-4-6(7(9,10)11)2-5(3-12-4)8(13)14;1-3(9)7-4-2-10-5(6)8-4/h4-6H,3H2,1-2H3;2-3,13-14H,1H3;2H,1H3,(H,7,9). The van der Waals surface area contributed by atoms with Gasteiger partial charge < -0.3 is 15.4 Å². The molecule has 44 heavy (non-hydrogen) atoms. The molecule has 0 aliphatic heterocycles. The van der Waals surface area contributed by atoms with Gasteiger partial charge in [0.25, 0.3) is 0 Å². The molecule has 0 unspecified atom stereocenters. The van der Waals surface area contributed by atoms with Gasteiger partial charge in [0.15, 0.2) is 3.92 Å². The molecule has 19 heteroatoms. The molecule has 4 aromatic heterocycles. The summed E-state index contributed by atoms with van der Waals surface area (Å²) in [6.45, 7) is 5.41. The van der Waals surface area contributed by atoms with Crippen LogP contribution in [0.1, 0.15) is 42.1 Å². The van der Waals surface area contributed by atoms with Gasteiger partial charge >= 0.3 is 19.5 Å². The number of nitrogens with one attached hydrogen (secondary N) is 1. The van der Waals surface area contributed by atoms with Crippen LogP contribution in [0.15, 0.2) is 39.2 Å². The van der Waals surface area contributed by atoms with Crippen molar-refractivity contribution in [1.82, 2.24) is 19.9 Å². The second-order valence-corrected chi connectivity index (χ2v) is 11.8. The number of nitrogens with zero attached hydrogens (tertiary/aromatic N) is 4. The van der Waals surface area contributed by atoms with Crippen molar-refractivity contribution in [2.24, 2.45) is 0 Å². The Morgan fingerprint density at radius 3 is 1.95 bits per heavy atom. The average molecular weight is 726 g/mol. The predicted octanol–water partition coefficient (Wildman–Crippen LogP) is 5.62. The Morgan fingerprint density at radius 1 is 0.909 bits per heavy atom. The molecule has 0 radical (unpaired) electrons. The molecule has 0 aromatic carbocycles. The van der Waals surface area contributed by atoms with E-state index in [9.17, 15) is 35.9 Å². The highest BCUT2D eigenvalue weighted by molar-refractivity contribution is 9.11. The van der Waals surface area contributed by atoms with Gasteiger partial charge in [-0.2, -0.15) is 26.3 Å². The number of thiazole rings is 2. The largest absolute Gasteiger partial charge is 0.490 e. The summed E-state index contributed by atoms with van der Waals surface area (Å²) in [4.78, 5) is 36.8. The Kier molecular flexibility index (Phi) is 13.1. The van der Waals surface area contributed by atoms with Crippen molar-refractivity contribution in [2.45, 2.75) is 46.5 Å². The van der Waals surface area contributed by atoms with Crippen LogP contribution in [0.2, 0.25) is 0 Å². The van der Waals surface area contributed by atoms with Gasteiger partial charge in [-0.1, -0.05) is 0 Å². The Morgan fingerprint density at radius 2 is 1.48 bits per heavy atom. The highest BCUT2D eigenvalue weighted by Gasteiger charge is 2.34. The monoisotopic (exact) mass is 725 g/mol. The van der Waals surface area contributed by atoms with Gasteiger partial charge in [0.2, 0.25) is 5.91 Å². The maximum Gasteiger partial charge on any atom is 0.490 e. The fourth-order valence-corrected chi connectivity index (χ4v) is 4.92. The highest BCUT2D eigenvalue weighted by atomic mass is 79.9. The smallest absolute Gasteiger partial charge is 0.423 e. The molecule has 0 aliphatic carbocycles. The lowest BCUT2D eigenvalue weighted by atomic mass is 9.80. The molecule has 0 fully saturated rings. The zero-order valence-corrected chi connectivity index (χ0v) is 26.4. The van der Waals surface area contributed by atoms with Gasteiger partial charge in [-0.25, -0.2) is 9.97 Å². The second kappa shape index (κ2) is 15.6. The topological polar surface area (TPSA) is 138 Å². The number of Topliss-reactive ketones (excluding diaryl/α,β-unsaturated/α-hetero) is 1. The van der Waals surface area contributed by atoms with E-state index in [-0.39, 0.29) is 35.0 Å². The van der Waals surface area contributed by atoms with Crippen molar-refractivity contribution in [3.05, 3.63) is 67.4 Å². The van der Waals surface area contributed by atoms with E-state index in [0.29, 0.717) is 28.1 Å². The summed E-state index contributed by atoms with van der Waals surface area (Å²) in [5.41, 5.74) is -1.39. The van der Waals surface area contributed by atoms with E-state index in [1.165, 1.54) is 56.6 Å². The van der Waals surface area contributed by atoms with E-state index in [1.807, 2.05) is 0 Å². The zero-order chi connectivity index (χ0) is 33.4. The van der Waals surface area contributed by atoms with Crippen LogP contribution in [-0.4, -0.2) is 48.8 Å². The molecule has 236 valence electrons. The minimum Gasteiger partial charge on any atom is -0.423 e. The summed E-state index contributed by atoms with van der Waals surface area (Å²) in [6, 6.07) is 1.71. The van der Waals surface area contributed by atoms with Crippen LogP contribution in [-0.2, 0) is 28.4 Å². The number of halogens is 7. The Bertz CT molecular complexity index is 1600. The van der Waals surface area contributed by atoms with Crippen LogP contribution in [0.5, 0.6) is 0 Å². The Hall–Kier alpha value is -3.26. The van der Waals surface area contributed by atoms with Crippen LogP contribution in [0.25, 0.3) is 10.6 Å². The highest BCUT2D eigenvalue weighted by Crippen LogP contribution is 2.34. The maximum atomic E-state index is 12.8. The summed E-state index contributed by atoms with van der Waals surface area (Å²) in [6.07, 6.45) is -6.42. The molecule has 0 aliphatic rings. The first-order valence-electron chi connectivity index (χ1n) is 12.0. The fraction of sp³-hybridized carbons (Fsp3) is 0.280. The number of hydrogen-bond donors (Lipinski definition) is 3. The second-order valence-electron chi connectivity index (χ2n) is 8.82. The number of amides is 1. The summed E-state index contributed by atoms with van der Waals surface area (Å²) in [7, 11) is -1.94. The first kappa shape index (κ1) is 36.9. The lowest BCUT2D eigenvalue weighted by Crippen LogP contribution is -2.31. The number of aromatic nitrogens is 4. The molecule has 0 saturated heterocycles. The van der Waals surface area contributed by atoms with Crippen LogP contribution in [0.3, 0.4) is 0 Å². The fourth-order valence-electron chi connectivity index (χ4n) is 3.18. The summed E-state index contributed by atoms with van der Waals surface area (Å²) in [5, 5.41) is 23.7. The summed E-state index contributed by atoms with van der Waals surface area (Å²) < 4.78 is 76.1. The molecule has 0 atom stereocenters. The molecule has 4 aromatic rings. The van der Waals surface area contributed by atoms with Crippen LogP contribution in [0, 0.1) is 13.8 Å². The first-order chi connectivity index (χ1) is 20.3. The molecule has 0 saturated carbocycles. The maximum absolute atomic E-state index is 12.8. The molecule has 4 rings (SSSR count). The van der Waals surface area contributed by atoms with Crippen LogP contribution >= 0.6 is 38.6 Å². The molecule has 0 bridgehead atoms. The molecule has 0 spiro atoms. The SMILES string of the molecule is CC(=O)Cc1csc(-c2cnc(C)c(C(F)(F)F)c2)n1.CC(=O)Nc1csc(Br)n1.Cc1ncc(B(O)O)cc1C(F)(F)F. The third-order valence-corrected chi connectivity index (χ3v) is 7.42. The van der Waals surface area contributed by atoms with E-state index in [2.05, 4.69) is 41.2 Å². The molecule has 3 N–H and O–H groups in total. The van der Waals surface area contributed by atoms with Crippen molar-refractivity contribution >= 4 is 68.7 Å². The third-order valence-electron chi connectivity index (χ3n) is 5.11. The number of carbonyl (C=O) groups is 2. The number of anilines is 1. The number of carbonyl (C=O) groups excluding carboxylic acids is 2. The number of alkyl halides is 6. The van der Waals surface area contributed by atoms with Crippen LogP contribution < -0.4 is 10.8 Å². The quantitative estimate of drug-likeness (QED) is 0.178.